The Hall–Kier alpha value is -2.67. The Kier molecular flexibility index (Phi) is 4.65. The zero-order chi connectivity index (χ0) is 21.0. The molecule has 2 aliphatic heterocycles. The molecule has 0 bridgehead atoms. The van der Waals surface area contributed by atoms with Crippen LogP contribution in [-0.4, -0.2) is 36.3 Å². The Morgan fingerprint density at radius 1 is 1.33 bits per heavy atom. The van der Waals surface area contributed by atoms with Gasteiger partial charge in [-0.15, -0.1) is 0 Å². The van der Waals surface area contributed by atoms with E-state index in [9.17, 15) is 9.59 Å². The van der Waals surface area contributed by atoms with Crippen LogP contribution in [0.2, 0.25) is 0 Å². The molecule has 2 atom stereocenters. The predicted octanol–water partition coefficient (Wildman–Crippen LogP) is 3.22. The quantitative estimate of drug-likeness (QED) is 0.782. The second-order valence-corrected chi connectivity index (χ2v) is 8.53. The maximum Gasteiger partial charge on any atom is 0.343 e. The first-order valence-electron chi connectivity index (χ1n) is 10.7. The number of rotatable bonds is 4. The smallest absolute Gasteiger partial charge is 0.343 e. The summed E-state index contributed by atoms with van der Waals surface area (Å²) in [6, 6.07) is 1.73. The molecule has 0 spiro atoms. The summed E-state index contributed by atoms with van der Waals surface area (Å²) < 4.78 is 22.6. The van der Waals surface area contributed by atoms with Crippen LogP contribution in [-0.2, 0) is 4.74 Å². The van der Waals surface area contributed by atoms with Gasteiger partial charge in [0.15, 0.2) is 0 Å². The van der Waals surface area contributed by atoms with Crippen LogP contribution < -0.4 is 16.1 Å². The number of hydrogen-bond donors (Lipinski definition) is 1. The largest absolute Gasteiger partial charge is 0.462 e. The highest BCUT2D eigenvalue weighted by Crippen LogP contribution is 2.43. The number of ether oxygens (including phenoxy) is 1. The number of aromatic nitrogens is 1. The summed E-state index contributed by atoms with van der Waals surface area (Å²) >= 11 is 0. The second kappa shape index (κ2) is 7.23. The Bertz CT molecular complexity index is 1120. The monoisotopic (exact) mass is 411 g/mol. The van der Waals surface area contributed by atoms with Gasteiger partial charge in [0.1, 0.15) is 11.4 Å². The van der Waals surface area contributed by atoms with Gasteiger partial charge in [-0.3, -0.25) is 4.79 Å². The third-order valence-electron chi connectivity index (χ3n) is 6.53. The van der Waals surface area contributed by atoms with Crippen molar-refractivity contribution in [1.29, 1.82) is 0 Å². The van der Waals surface area contributed by atoms with Crippen molar-refractivity contribution < 1.29 is 13.9 Å². The molecular weight excluding hydrogens is 385 g/mol. The van der Waals surface area contributed by atoms with E-state index in [1.807, 2.05) is 10.6 Å². The van der Waals surface area contributed by atoms with E-state index in [4.69, 9.17) is 10.5 Å². The summed E-state index contributed by atoms with van der Waals surface area (Å²) in [4.78, 5) is 27.7. The number of fused-ring (bicyclic) bond motifs is 5. The van der Waals surface area contributed by atoms with E-state index in [0.717, 1.165) is 31.2 Å². The Morgan fingerprint density at radius 3 is 2.83 bits per heavy atom. The van der Waals surface area contributed by atoms with Crippen molar-refractivity contribution in [2.75, 3.05) is 24.6 Å². The van der Waals surface area contributed by atoms with E-state index < -0.39 is 17.2 Å². The molecule has 3 aliphatic rings. The van der Waals surface area contributed by atoms with Gasteiger partial charge >= 0.3 is 5.97 Å². The fraction of sp³-hybridized carbons (Fsp3) is 0.478. The standard InChI is InChI=1S/C23H26FN3O3/c1-2-30-23(29)18-12-27(14-6-7-14)20-16-5-3-4-15-8-13(10-25)11-26(15)21(16)19(24)9-17(20)22(18)28/h3,5,9,12-15H,2,4,6-8,10-11,25H2,1H3/t13-,15?/m0/s1. The Balaban J connectivity index is 1.79. The zero-order valence-electron chi connectivity index (χ0n) is 17.1. The van der Waals surface area contributed by atoms with Crippen LogP contribution in [0.3, 0.4) is 0 Å². The van der Waals surface area contributed by atoms with Crippen molar-refractivity contribution in [2.24, 2.45) is 11.7 Å². The Labute approximate surface area is 174 Å². The van der Waals surface area contributed by atoms with Crippen LogP contribution in [0.5, 0.6) is 0 Å². The number of benzene rings is 1. The van der Waals surface area contributed by atoms with Crippen molar-refractivity contribution in [3.05, 3.63) is 45.5 Å². The van der Waals surface area contributed by atoms with Gasteiger partial charge in [-0.2, -0.15) is 0 Å². The lowest BCUT2D eigenvalue weighted by Crippen LogP contribution is -2.30. The molecule has 2 N–H and O–H groups in total. The lowest BCUT2D eigenvalue weighted by atomic mass is 10.0. The van der Waals surface area contributed by atoms with Crippen LogP contribution in [0.15, 0.2) is 23.1 Å². The molecule has 3 heterocycles. The first-order valence-corrected chi connectivity index (χ1v) is 10.7. The highest BCUT2D eigenvalue weighted by molar-refractivity contribution is 5.99. The molecular formula is C23H26FN3O3. The van der Waals surface area contributed by atoms with E-state index in [-0.39, 0.29) is 29.6 Å². The number of carbonyl (C=O) groups is 1. The van der Waals surface area contributed by atoms with Crippen molar-refractivity contribution in [3.63, 3.8) is 0 Å². The normalized spacial score (nSPS) is 22.7. The molecule has 2 fully saturated rings. The summed E-state index contributed by atoms with van der Waals surface area (Å²) in [5, 5.41) is 0.237. The number of carbonyl (C=O) groups excluding carboxylic acids is 1. The maximum absolute atomic E-state index is 15.5. The van der Waals surface area contributed by atoms with Gasteiger partial charge in [-0.05, 0) is 51.1 Å². The molecule has 1 aromatic carbocycles. The molecule has 1 unspecified atom stereocenters. The number of hydrogen-bond acceptors (Lipinski definition) is 5. The lowest BCUT2D eigenvalue weighted by Gasteiger charge is -2.28. The molecule has 2 aromatic rings. The van der Waals surface area contributed by atoms with Crippen molar-refractivity contribution in [2.45, 2.75) is 44.7 Å². The summed E-state index contributed by atoms with van der Waals surface area (Å²) in [5.74, 6) is -0.747. The third-order valence-corrected chi connectivity index (χ3v) is 6.53. The van der Waals surface area contributed by atoms with Crippen LogP contribution in [0.25, 0.3) is 17.0 Å². The number of pyridine rings is 1. The molecule has 0 radical (unpaired) electrons. The number of esters is 1. The molecule has 7 heteroatoms. The summed E-state index contributed by atoms with van der Waals surface area (Å²) in [6.45, 7) is 3.17. The first-order chi connectivity index (χ1) is 14.5. The third kappa shape index (κ3) is 2.95. The van der Waals surface area contributed by atoms with Gasteiger partial charge < -0.3 is 19.9 Å². The minimum absolute atomic E-state index is 0.0320. The van der Waals surface area contributed by atoms with Crippen molar-refractivity contribution in [1.82, 2.24) is 4.57 Å². The molecule has 30 heavy (non-hydrogen) atoms. The second-order valence-electron chi connectivity index (χ2n) is 8.53. The molecule has 1 saturated heterocycles. The maximum atomic E-state index is 15.5. The molecule has 1 aliphatic carbocycles. The predicted molar refractivity (Wildman–Crippen MR) is 114 cm³/mol. The van der Waals surface area contributed by atoms with Gasteiger partial charge in [-0.1, -0.05) is 12.2 Å². The molecule has 1 aromatic heterocycles. The van der Waals surface area contributed by atoms with Gasteiger partial charge in [-0.25, -0.2) is 9.18 Å². The van der Waals surface area contributed by atoms with Gasteiger partial charge in [0.2, 0.25) is 5.43 Å². The molecule has 0 amide bonds. The number of anilines is 1. The molecule has 5 rings (SSSR count). The average Bonchev–Trinajstić information content (AvgIpc) is 3.52. The number of nitrogens with two attached hydrogens (primary N) is 1. The van der Waals surface area contributed by atoms with E-state index in [0.29, 0.717) is 30.2 Å². The topological polar surface area (TPSA) is 77.6 Å². The molecule has 6 nitrogen and oxygen atoms in total. The summed E-state index contributed by atoms with van der Waals surface area (Å²) in [7, 11) is 0. The van der Waals surface area contributed by atoms with E-state index >= 15 is 4.39 Å². The number of nitrogens with zero attached hydrogens (tertiary/aromatic N) is 2. The van der Waals surface area contributed by atoms with Crippen LogP contribution in [0.1, 0.15) is 54.6 Å². The zero-order valence-corrected chi connectivity index (χ0v) is 17.1. The average molecular weight is 411 g/mol. The fourth-order valence-corrected chi connectivity index (χ4v) is 4.98. The van der Waals surface area contributed by atoms with E-state index in [1.54, 1.807) is 13.1 Å². The van der Waals surface area contributed by atoms with E-state index in [2.05, 4.69) is 11.0 Å². The Morgan fingerprint density at radius 2 is 2.13 bits per heavy atom. The fourth-order valence-electron chi connectivity index (χ4n) is 4.98. The highest BCUT2D eigenvalue weighted by Gasteiger charge is 2.36. The summed E-state index contributed by atoms with van der Waals surface area (Å²) in [5.41, 5.74) is 7.39. The minimum Gasteiger partial charge on any atom is -0.462 e. The molecule has 1 saturated carbocycles. The van der Waals surface area contributed by atoms with Crippen LogP contribution in [0, 0.1) is 11.7 Å². The van der Waals surface area contributed by atoms with Gasteiger partial charge in [0.25, 0.3) is 0 Å². The van der Waals surface area contributed by atoms with Crippen molar-refractivity contribution >= 4 is 28.6 Å². The summed E-state index contributed by atoms with van der Waals surface area (Å²) in [6.07, 6.45) is 9.33. The SMILES string of the molecule is CCOC(=O)c1cn(C2CC2)c2c3c(c(F)cc2c1=O)N1C[C@H](CN)CC1CC=C3. The van der Waals surface area contributed by atoms with Gasteiger partial charge in [0, 0.05) is 30.4 Å². The van der Waals surface area contributed by atoms with Crippen LogP contribution >= 0.6 is 0 Å². The van der Waals surface area contributed by atoms with Crippen LogP contribution in [0.4, 0.5) is 10.1 Å². The van der Waals surface area contributed by atoms with Crippen molar-refractivity contribution in [3.8, 4) is 0 Å². The minimum atomic E-state index is -0.657. The van der Waals surface area contributed by atoms with E-state index in [1.165, 1.54) is 6.07 Å². The number of halogens is 1. The molecule has 158 valence electrons. The van der Waals surface area contributed by atoms with Gasteiger partial charge in [0.05, 0.1) is 23.2 Å². The lowest BCUT2D eigenvalue weighted by molar-refractivity contribution is 0.0524. The first kappa shape index (κ1) is 19.3. The highest BCUT2D eigenvalue weighted by atomic mass is 19.1.